The van der Waals surface area contributed by atoms with Crippen molar-refractivity contribution in [3.05, 3.63) is 47.8 Å². The van der Waals surface area contributed by atoms with E-state index in [-0.39, 0.29) is 6.04 Å². The van der Waals surface area contributed by atoms with Crippen LogP contribution in [0, 0.1) is 0 Å². The van der Waals surface area contributed by atoms with Gasteiger partial charge in [0, 0.05) is 40.5 Å². The predicted molar refractivity (Wildman–Crippen MR) is 101 cm³/mol. The van der Waals surface area contributed by atoms with Gasteiger partial charge in [-0.25, -0.2) is 4.98 Å². The number of benzene rings is 1. The lowest BCUT2D eigenvalue weighted by Crippen LogP contribution is -2.22. The largest absolute Gasteiger partial charge is 0.481 e. The highest BCUT2D eigenvalue weighted by Gasteiger charge is 2.33. The first-order valence-electron chi connectivity index (χ1n) is 8.59. The number of hydrogen-bond acceptors (Lipinski definition) is 6. The van der Waals surface area contributed by atoms with Crippen LogP contribution in [-0.4, -0.2) is 34.8 Å². The monoisotopic (exact) mass is 348 g/mol. The maximum atomic E-state index is 11.6. The van der Waals surface area contributed by atoms with Crippen molar-refractivity contribution in [2.45, 2.75) is 19.5 Å². The Morgan fingerprint density at radius 2 is 2.12 bits per heavy atom. The molecule has 1 aliphatic rings. The summed E-state index contributed by atoms with van der Waals surface area (Å²) in [5.74, 6) is 0.543. The quantitative estimate of drug-likeness (QED) is 0.730. The van der Waals surface area contributed by atoms with Crippen LogP contribution in [0.3, 0.4) is 0 Å². The second-order valence-electron chi connectivity index (χ2n) is 6.29. The summed E-state index contributed by atoms with van der Waals surface area (Å²) in [5.41, 5.74) is 11.4. The third-order valence-electron chi connectivity index (χ3n) is 5.01. The molecule has 1 aromatic carbocycles. The molecule has 2 N–H and O–H groups in total. The number of anilines is 1. The molecule has 0 saturated heterocycles. The molecular formula is C20H20N4O2. The fourth-order valence-corrected chi connectivity index (χ4v) is 3.74. The fraction of sp³-hybridized carbons (Fsp3) is 0.250. The maximum Gasteiger partial charge on any atom is 0.221 e. The van der Waals surface area contributed by atoms with Gasteiger partial charge in [-0.2, -0.15) is 0 Å². The van der Waals surface area contributed by atoms with Gasteiger partial charge in [-0.3, -0.25) is 9.88 Å². The molecular weight excluding hydrogens is 328 g/mol. The van der Waals surface area contributed by atoms with Gasteiger partial charge in [-0.05, 0) is 18.7 Å². The molecule has 6 heteroatoms. The lowest BCUT2D eigenvalue weighted by Gasteiger charge is -2.18. The molecule has 4 rings (SSSR count). The average Bonchev–Trinajstić information content (AvgIpc) is 3.05. The summed E-state index contributed by atoms with van der Waals surface area (Å²) >= 11 is 0. The van der Waals surface area contributed by atoms with Gasteiger partial charge >= 0.3 is 0 Å². The maximum absolute atomic E-state index is 11.6. The number of carbonyl (C=O) groups is 1. The van der Waals surface area contributed by atoms with Gasteiger partial charge in [0.25, 0.3) is 0 Å². The van der Waals surface area contributed by atoms with Crippen molar-refractivity contribution in [2.24, 2.45) is 0 Å². The van der Waals surface area contributed by atoms with E-state index in [1.54, 1.807) is 13.3 Å². The zero-order valence-electron chi connectivity index (χ0n) is 14.8. The number of fused-ring (bicyclic) bond motifs is 2. The van der Waals surface area contributed by atoms with Gasteiger partial charge in [-0.1, -0.05) is 25.1 Å². The summed E-state index contributed by atoms with van der Waals surface area (Å²) in [4.78, 5) is 22.9. The van der Waals surface area contributed by atoms with Crippen LogP contribution in [0.2, 0.25) is 0 Å². The number of nitrogen functional groups attached to an aromatic ring is 1. The number of ether oxygens (including phenoxy) is 1. The number of methoxy groups -OCH3 is 1. The zero-order chi connectivity index (χ0) is 18.3. The summed E-state index contributed by atoms with van der Waals surface area (Å²) in [6.45, 7) is 3.41. The normalized spacial score (nSPS) is 16.6. The molecule has 1 unspecified atom stereocenters. The molecule has 0 radical (unpaired) electrons. The van der Waals surface area contributed by atoms with Crippen LogP contribution in [0.15, 0.2) is 36.5 Å². The topological polar surface area (TPSA) is 81.3 Å². The van der Waals surface area contributed by atoms with E-state index in [0.717, 1.165) is 46.1 Å². The van der Waals surface area contributed by atoms with E-state index in [9.17, 15) is 4.79 Å². The standard InChI is InChI=1S/C20H20N4O2/c1-3-24-10-15-17(16(24)11-25)18(21)14-7-4-6-12(19(14)23-15)13-8-5-9-22-20(13)26-2/h4-9,11,16H,3,10H2,1-2H3,(H2,21,23). The Balaban J connectivity index is 2.00. The third-order valence-corrected chi connectivity index (χ3v) is 5.01. The molecule has 1 atom stereocenters. The van der Waals surface area contributed by atoms with Crippen molar-refractivity contribution < 1.29 is 9.53 Å². The van der Waals surface area contributed by atoms with Crippen LogP contribution < -0.4 is 10.5 Å². The van der Waals surface area contributed by atoms with Crippen LogP contribution in [0.1, 0.15) is 24.2 Å². The Labute approximate surface area is 151 Å². The van der Waals surface area contributed by atoms with Gasteiger partial charge in [0.2, 0.25) is 5.88 Å². The van der Waals surface area contributed by atoms with Crippen LogP contribution in [-0.2, 0) is 11.3 Å². The summed E-state index contributed by atoms with van der Waals surface area (Å²) in [6, 6.07) is 9.37. The molecule has 3 aromatic rings. The van der Waals surface area contributed by atoms with Crippen molar-refractivity contribution in [1.29, 1.82) is 0 Å². The molecule has 0 fully saturated rings. The van der Waals surface area contributed by atoms with Crippen LogP contribution >= 0.6 is 0 Å². The minimum atomic E-state index is -0.330. The average molecular weight is 348 g/mol. The number of likely N-dealkylation sites (N-methyl/N-ethyl adjacent to an activating group) is 1. The van der Waals surface area contributed by atoms with Crippen molar-refractivity contribution in [2.75, 3.05) is 19.4 Å². The van der Waals surface area contributed by atoms with Crippen LogP contribution in [0.5, 0.6) is 5.88 Å². The second-order valence-corrected chi connectivity index (χ2v) is 6.29. The number of carbonyl (C=O) groups excluding carboxylic acids is 1. The van der Waals surface area contributed by atoms with Crippen molar-refractivity contribution in [3.63, 3.8) is 0 Å². The van der Waals surface area contributed by atoms with E-state index in [2.05, 4.69) is 9.88 Å². The van der Waals surface area contributed by atoms with E-state index in [1.165, 1.54) is 0 Å². The Kier molecular flexibility index (Phi) is 4.05. The number of rotatable bonds is 4. The van der Waals surface area contributed by atoms with Gasteiger partial charge in [0.1, 0.15) is 6.29 Å². The number of aromatic nitrogens is 2. The highest BCUT2D eigenvalue weighted by Crippen LogP contribution is 2.41. The van der Waals surface area contributed by atoms with Crippen LogP contribution in [0.25, 0.3) is 22.0 Å². The second kappa shape index (κ2) is 6.38. The molecule has 6 nitrogen and oxygen atoms in total. The van der Waals surface area contributed by atoms with E-state index >= 15 is 0 Å². The van der Waals surface area contributed by atoms with Gasteiger partial charge in [-0.15, -0.1) is 0 Å². The molecule has 2 aromatic heterocycles. The Hall–Kier alpha value is -2.99. The van der Waals surface area contributed by atoms with E-state index in [4.69, 9.17) is 15.5 Å². The van der Waals surface area contributed by atoms with E-state index < -0.39 is 0 Å². The van der Waals surface area contributed by atoms with E-state index in [1.807, 2.05) is 37.3 Å². The number of pyridine rings is 2. The molecule has 3 heterocycles. The molecule has 0 aliphatic carbocycles. The number of nitrogens with two attached hydrogens (primary N) is 1. The molecule has 0 spiro atoms. The van der Waals surface area contributed by atoms with Crippen LogP contribution in [0.4, 0.5) is 5.69 Å². The van der Waals surface area contributed by atoms with Gasteiger partial charge < -0.3 is 15.3 Å². The minimum absolute atomic E-state index is 0.330. The summed E-state index contributed by atoms with van der Waals surface area (Å²) in [5, 5.41) is 0.844. The first-order valence-corrected chi connectivity index (χ1v) is 8.59. The highest BCUT2D eigenvalue weighted by molar-refractivity contribution is 6.02. The van der Waals surface area contributed by atoms with Crippen molar-refractivity contribution >= 4 is 22.9 Å². The minimum Gasteiger partial charge on any atom is -0.481 e. The lowest BCUT2D eigenvalue weighted by atomic mass is 9.98. The molecule has 0 saturated carbocycles. The Morgan fingerprint density at radius 1 is 1.31 bits per heavy atom. The molecule has 26 heavy (non-hydrogen) atoms. The highest BCUT2D eigenvalue weighted by atomic mass is 16.5. The first kappa shape index (κ1) is 16.5. The predicted octanol–water partition coefficient (Wildman–Crippen LogP) is 2.96. The SMILES string of the molecule is CCN1Cc2nc3c(-c4cccnc4OC)cccc3c(N)c2C1C=O. The Bertz CT molecular complexity index is 1000. The molecule has 1 aliphatic heterocycles. The number of para-hydroxylation sites is 1. The number of nitrogens with zero attached hydrogens (tertiary/aromatic N) is 3. The number of hydrogen-bond donors (Lipinski definition) is 1. The molecule has 132 valence electrons. The van der Waals surface area contributed by atoms with E-state index in [0.29, 0.717) is 18.1 Å². The van der Waals surface area contributed by atoms with Gasteiger partial charge in [0.05, 0.1) is 24.4 Å². The fourth-order valence-electron chi connectivity index (χ4n) is 3.74. The van der Waals surface area contributed by atoms with Crippen molar-refractivity contribution in [3.8, 4) is 17.0 Å². The lowest BCUT2D eigenvalue weighted by molar-refractivity contribution is -0.112. The molecule has 0 bridgehead atoms. The smallest absolute Gasteiger partial charge is 0.221 e. The third kappa shape index (κ3) is 2.34. The first-order chi connectivity index (χ1) is 12.7. The van der Waals surface area contributed by atoms with Crippen molar-refractivity contribution in [1.82, 2.24) is 14.9 Å². The van der Waals surface area contributed by atoms with Gasteiger partial charge in [0.15, 0.2) is 0 Å². The summed E-state index contributed by atoms with van der Waals surface area (Å²) in [6.07, 6.45) is 2.65. The zero-order valence-corrected chi connectivity index (χ0v) is 14.8. The molecule has 0 amide bonds. The number of aldehydes is 1. The summed E-state index contributed by atoms with van der Waals surface area (Å²) in [7, 11) is 1.60. The Morgan fingerprint density at radius 3 is 2.85 bits per heavy atom. The summed E-state index contributed by atoms with van der Waals surface area (Å²) < 4.78 is 5.42.